The molecule has 8 atom stereocenters. The van der Waals surface area contributed by atoms with Crippen LogP contribution in [-0.2, 0) is 70.4 Å². The van der Waals surface area contributed by atoms with E-state index in [1.807, 2.05) is 97.7 Å². The van der Waals surface area contributed by atoms with Crippen molar-refractivity contribution < 1.29 is 38.7 Å². The Morgan fingerprint density at radius 2 is 0.945 bits per heavy atom. The number of aromatic amines is 2. The number of carboxylic acids is 1. The Labute approximate surface area is 546 Å². The molecule has 0 fully saturated rings. The lowest BCUT2D eigenvalue weighted by molar-refractivity contribution is -0.164. The number of fused-ring (bicyclic) bond motifs is 2. The van der Waals surface area contributed by atoms with Gasteiger partial charge in [0.15, 0.2) is 22.6 Å². The monoisotopic (exact) mass is 1270 g/mol. The predicted molar refractivity (Wildman–Crippen MR) is 369 cm³/mol. The van der Waals surface area contributed by atoms with Crippen LogP contribution in [0.3, 0.4) is 0 Å². The van der Waals surface area contributed by atoms with Gasteiger partial charge < -0.3 is 30.4 Å². The summed E-state index contributed by atoms with van der Waals surface area (Å²) in [6.45, 7) is 13.3. The van der Waals surface area contributed by atoms with Crippen LogP contribution >= 0.6 is 23.5 Å². The number of rotatable bonds is 38. The van der Waals surface area contributed by atoms with E-state index in [1.54, 1.807) is 24.4 Å². The molecule has 0 aliphatic carbocycles. The van der Waals surface area contributed by atoms with Gasteiger partial charge in [-0.15, -0.1) is 0 Å². The number of esters is 1. The Bertz CT molecular complexity index is 3510. The molecule has 2 heterocycles. The second-order valence-corrected chi connectivity index (χ2v) is 26.3. The predicted octanol–water partition coefficient (Wildman–Crippen LogP) is 12.7. The molecule has 0 spiro atoms. The van der Waals surface area contributed by atoms with Crippen LogP contribution in [-0.4, -0.2) is 116 Å². The number of ketones is 2. The number of aromatic nitrogens is 4. The first-order valence-electron chi connectivity index (χ1n) is 31.7. The smallest absolute Gasteiger partial charge is 0.336 e. The van der Waals surface area contributed by atoms with Gasteiger partial charge in [0.1, 0.15) is 0 Å². The van der Waals surface area contributed by atoms with E-state index >= 15 is 0 Å². The zero-order valence-electron chi connectivity index (χ0n) is 54.4. The summed E-state index contributed by atoms with van der Waals surface area (Å²) in [6, 6.07) is 48.9. The van der Waals surface area contributed by atoms with E-state index in [0.717, 1.165) is 35.4 Å². The van der Waals surface area contributed by atoms with Crippen LogP contribution in [0, 0.1) is 11.8 Å². The Morgan fingerprint density at radius 3 is 1.33 bits per heavy atom. The number of benzene rings is 6. The number of Topliss-reactive ketones (excluding diaryl/α,β-unsaturated/α-hetero) is 2. The van der Waals surface area contributed by atoms with E-state index in [4.69, 9.17) is 14.4 Å². The molecule has 7 N–H and O–H groups in total. The van der Waals surface area contributed by atoms with Gasteiger partial charge in [-0.2, -0.15) is 34.5 Å². The highest BCUT2D eigenvalue weighted by Gasteiger charge is 2.48. The number of aliphatic carboxylic acids is 1. The lowest BCUT2D eigenvalue weighted by atomic mass is 9.86. The lowest BCUT2D eigenvalue weighted by Gasteiger charge is -2.38. The van der Waals surface area contributed by atoms with Gasteiger partial charge in [0.05, 0.1) is 55.4 Å². The summed E-state index contributed by atoms with van der Waals surface area (Å²) in [5.74, 6) is -1.01. The summed E-state index contributed by atoms with van der Waals surface area (Å²) < 4.78 is 5.20. The molecular formula is C73H94N8O8S2. The number of hydrogen-bond acceptors (Lipinski definition) is 15. The molecule has 0 amide bonds. The van der Waals surface area contributed by atoms with Crippen molar-refractivity contribution in [3.05, 3.63) is 204 Å². The van der Waals surface area contributed by atoms with Crippen LogP contribution in [0.1, 0.15) is 114 Å². The van der Waals surface area contributed by atoms with Gasteiger partial charge in [-0.05, 0) is 132 Å². The summed E-state index contributed by atoms with van der Waals surface area (Å²) in [4.78, 5) is 80.9. The van der Waals surface area contributed by atoms with Gasteiger partial charge in [-0.1, -0.05) is 186 Å². The third kappa shape index (κ3) is 19.5. The molecule has 0 aliphatic rings. The number of H-pyrrole nitrogens is 2. The fourth-order valence-electron chi connectivity index (χ4n) is 11.6. The Kier molecular flexibility index (Phi) is 27.6. The molecule has 0 radical (unpaired) electrons. The van der Waals surface area contributed by atoms with Crippen molar-refractivity contribution in [1.82, 2.24) is 41.5 Å². The third-order valence-electron chi connectivity index (χ3n) is 17.8. The van der Waals surface area contributed by atoms with Crippen molar-refractivity contribution in [2.45, 2.75) is 140 Å². The summed E-state index contributed by atoms with van der Waals surface area (Å²) in [5.41, 5.74) is 7.52. The van der Waals surface area contributed by atoms with Crippen molar-refractivity contribution >= 4 is 68.6 Å². The minimum absolute atomic E-state index is 0.0950. The molecule has 6 unspecified atom stereocenters. The zero-order chi connectivity index (χ0) is 65.3. The van der Waals surface area contributed by atoms with Gasteiger partial charge in [0, 0.05) is 37.3 Å². The van der Waals surface area contributed by atoms with Crippen molar-refractivity contribution in [3.8, 4) is 0 Å². The molecule has 0 bridgehead atoms. The summed E-state index contributed by atoms with van der Waals surface area (Å²) in [6.07, 6.45) is 15.7. The molecule has 0 aliphatic heterocycles. The number of nitrogens with one attached hydrogen (secondary N) is 6. The van der Waals surface area contributed by atoms with Crippen LogP contribution in [0.4, 0.5) is 0 Å². The fourth-order valence-corrected chi connectivity index (χ4v) is 12.6. The number of carbonyl (C=O) groups is 4. The quantitative estimate of drug-likeness (QED) is 0.0109. The summed E-state index contributed by atoms with van der Waals surface area (Å²) in [7, 11) is 1.31. The Balaban J connectivity index is 0.000000259. The number of methoxy groups -OCH3 is 1. The maximum absolute atomic E-state index is 13.8. The van der Waals surface area contributed by atoms with Gasteiger partial charge in [-0.3, -0.25) is 19.3 Å². The molecule has 2 aromatic heterocycles. The van der Waals surface area contributed by atoms with E-state index in [0.29, 0.717) is 37.2 Å². The van der Waals surface area contributed by atoms with Crippen LogP contribution in [0.2, 0.25) is 0 Å². The minimum atomic E-state index is -1.84. The summed E-state index contributed by atoms with van der Waals surface area (Å²) >= 11 is 3.07. The first-order valence-corrected chi connectivity index (χ1v) is 34.4. The maximum Gasteiger partial charge on any atom is 0.336 e. The number of aryl methyl sites for hydroxylation is 2. The number of ether oxygens (including phenoxy) is 1. The molecule has 8 aromatic rings. The van der Waals surface area contributed by atoms with Crippen LogP contribution < -0.4 is 21.6 Å². The molecule has 6 aromatic carbocycles. The number of imidazole rings is 2. The second-order valence-electron chi connectivity index (χ2n) is 24.3. The van der Waals surface area contributed by atoms with Crippen molar-refractivity contribution in [3.63, 3.8) is 0 Å². The van der Waals surface area contributed by atoms with Crippen LogP contribution in [0.25, 0.3) is 21.5 Å². The fraction of sp³-hybridized carbons (Fsp3) is 0.425. The lowest BCUT2D eigenvalue weighted by Crippen LogP contribution is -2.60. The normalized spacial score (nSPS) is 15.6. The largest absolute Gasteiger partial charge is 0.479 e. The van der Waals surface area contributed by atoms with Gasteiger partial charge >= 0.3 is 11.9 Å². The number of hydrogen-bond donors (Lipinski definition) is 7. The molecule has 8 rings (SSSR count). The van der Waals surface area contributed by atoms with E-state index in [9.17, 15) is 24.3 Å². The molecular weight excluding hydrogens is 1180 g/mol. The SMILES string of the molecule is CCC(C)C(CONC(CCSC)(C(=O)O)C(=O)CCc1ccccc1)NC(C)(Cc1ccc2ccccc2c1)c1cnc[nH]1.CC[C@H](C)C(CON[C@@](CCSC)(C(=O)CCc1ccccc1)C(=O)OC)NC(C)(Cc1ccc2ccccc2c1)c1cnc[nH]1. The van der Waals surface area contributed by atoms with Crippen LogP contribution in [0.5, 0.6) is 0 Å². The minimum Gasteiger partial charge on any atom is -0.479 e. The highest BCUT2D eigenvalue weighted by molar-refractivity contribution is 7.98. The standard InChI is InChI=1S/C37H48N4O4S.C36H46N4O4S/c1-6-27(2)32(40-36(3,33-24-38-26-39-33)23-29-16-18-30-14-10-11-15-31(30)22-29)25-45-41-37(20-21-46-5,35(43)44-4)34(42)19-17-28-12-8-7-9-13-28;1-5-26(2)31(24-44-40-36(34(42)43,19-20-45-4)33(41)18-16-27-11-7-6-8-12-27)39-35(3,32-23-37-25-38-32)22-28-15-17-29-13-9-10-14-30(29)21-28/h7-16,18,22,24,26-27,32,40-41H,6,17,19-21,23,25H2,1-5H3,(H,38,39);6-15,17,21,23,25-26,31,39-40H,5,16,18-20,22,24H2,1-4H3,(H,37,38)(H,42,43)/t27-,32?,36?,37-;/m0./s1. The Morgan fingerprint density at radius 1 is 0.549 bits per heavy atom. The average Bonchev–Trinajstić information content (AvgIpc) is 1.90. The number of nitrogens with zero attached hydrogens (tertiary/aromatic N) is 2. The molecule has 0 saturated carbocycles. The highest BCUT2D eigenvalue weighted by atomic mass is 32.2. The van der Waals surface area contributed by atoms with E-state index in [-0.39, 0.29) is 74.4 Å². The average molecular weight is 1280 g/mol. The van der Waals surface area contributed by atoms with E-state index < -0.39 is 34.1 Å². The second kappa shape index (κ2) is 35.2. The number of carbonyl (C=O) groups excluding carboxylic acids is 3. The van der Waals surface area contributed by atoms with Gasteiger partial charge in [-0.25, -0.2) is 19.6 Å². The van der Waals surface area contributed by atoms with Crippen molar-refractivity contribution in [1.29, 1.82) is 0 Å². The zero-order valence-corrected chi connectivity index (χ0v) is 56.0. The van der Waals surface area contributed by atoms with Gasteiger partial charge in [0.25, 0.3) is 0 Å². The van der Waals surface area contributed by atoms with E-state index in [1.165, 1.54) is 51.5 Å². The summed E-state index contributed by atoms with van der Waals surface area (Å²) in [5, 5.41) is 22.9. The Hall–Kier alpha value is -7.00. The number of hydroxylamine groups is 2. The number of carboxylic acid groups (broad SMARTS) is 1. The van der Waals surface area contributed by atoms with Crippen molar-refractivity contribution in [2.24, 2.45) is 11.8 Å². The first kappa shape index (κ1) is 71.4. The molecule has 486 valence electrons. The van der Waals surface area contributed by atoms with E-state index in [2.05, 4.69) is 156 Å². The molecule has 91 heavy (non-hydrogen) atoms. The van der Waals surface area contributed by atoms with Gasteiger partial charge in [0.2, 0.25) is 0 Å². The molecule has 0 saturated heterocycles. The third-order valence-corrected chi connectivity index (χ3v) is 19.0. The molecule has 16 nitrogen and oxygen atoms in total. The maximum atomic E-state index is 13.8. The number of thioether (sulfide) groups is 2. The van der Waals surface area contributed by atoms with Crippen molar-refractivity contribution in [2.75, 3.05) is 44.3 Å². The highest BCUT2D eigenvalue weighted by Crippen LogP contribution is 2.31. The topological polar surface area (TPSA) is 222 Å². The first-order chi connectivity index (χ1) is 43.9. The molecule has 18 heteroatoms. The van der Waals surface area contributed by atoms with Crippen LogP contribution in [0.15, 0.2) is 171 Å².